The van der Waals surface area contributed by atoms with Crippen LogP contribution < -0.4 is 10.2 Å². The van der Waals surface area contributed by atoms with Crippen molar-refractivity contribution in [2.75, 3.05) is 24.4 Å². The van der Waals surface area contributed by atoms with E-state index in [0.29, 0.717) is 28.1 Å². The van der Waals surface area contributed by atoms with Gasteiger partial charge in [-0.05, 0) is 83.9 Å². The minimum Gasteiger partial charge on any atom is -0.465 e. The summed E-state index contributed by atoms with van der Waals surface area (Å²) in [5, 5.41) is 2.72. The molecule has 0 heterocycles. The SMILES string of the molecule is COC(=O)c1ccc(N(C(C)=O)c2ccc(C(=O)Nc3ccc(/C=C/c4ccc(S(=O)(=O)O)cc4)cc3C(=O)OC)cc2)cc1. The Morgan fingerprint density at radius 2 is 1.22 bits per heavy atom. The zero-order chi connectivity index (χ0) is 32.7. The molecule has 2 N–H and O–H groups in total. The molecule has 4 rings (SSSR count). The van der Waals surface area contributed by atoms with Gasteiger partial charge in [-0.3, -0.25) is 19.0 Å². The minimum absolute atomic E-state index is 0.101. The fraction of sp³-hybridized carbons (Fsp3) is 0.0909. The van der Waals surface area contributed by atoms with Crippen molar-refractivity contribution >= 4 is 63.1 Å². The molecule has 230 valence electrons. The van der Waals surface area contributed by atoms with Crippen molar-refractivity contribution in [2.24, 2.45) is 0 Å². The van der Waals surface area contributed by atoms with Crippen molar-refractivity contribution < 1.29 is 41.6 Å². The molecule has 0 aliphatic rings. The van der Waals surface area contributed by atoms with E-state index in [2.05, 4.69) is 5.32 Å². The molecule has 2 amide bonds. The van der Waals surface area contributed by atoms with Crippen LogP contribution in [0.2, 0.25) is 0 Å². The fourth-order valence-electron chi connectivity index (χ4n) is 4.33. The molecule has 0 atom stereocenters. The maximum Gasteiger partial charge on any atom is 0.339 e. The van der Waals surface area contributed by atoms with Gasteiger partial charge in [0.15, 0.2) is 0 Å². The number of ether oxygens (including phenoxy) is 2. The Hall–Kier alpha value is -5.59. The number of anilines is 3. The standard InChI is InChI=1S/C33H28N2O9S/c1-21(36)35(27-15-11-25(12-16-27)32(38)43-2)26-13-9-24(10-14-26)31(37)34-30-19-8-23(20-29(30)33(39)44-3)5-4-22-6-17-28(18-7-22)45(40,41)42/h4-20H,1-3H3,(H,34,37)(H,40,41,42)/b5-4+. The molecule has 0 saturated carbocycles. The molecular formula is C33H28N2O9S. The van der Waals surface area contributed by atoms with Gasteiger partial charge in [0.1, 0.15) is 0 Å². The van der Waals surface area contributed by atoms with Crippen LogP contribution in [-0.4, -0.2) is 50.9 Å². The highest BCUT2D eigenvalue weighted by atomic mass is 32.2. The van der Waals surface area contributed by atoms with E-state index >= 15 is 0 Å². The first-order valence-electron chi connectivity index (χ1n) is 13.3. The van der Waals surface area contributed by atoms with Gasteiger partial charge in [-0.15, -0.1) is 0 Å². The second-order valence-corrected chi connectivity index (χ2v) is 11.0. The third-order valence-electron chi connectivity index (χ3n) is 6.59. The predicted octanol–water partition coefficient (Wildman–Crippen LogP) is 5.61. The molecule has 0 fully saturated rings. The molecule has 0 saturated heterocycles. The van der Waals surface area contributed by atoms with Gasteiger partial charge in [-0.25, -0.2) is 9.59 Å². The molecule has 12 heteroatoms. The summed E-state index contributed by atoms with van der Waals surface area (Å²) in [5.41, 5.74) is 3.15. The van der Waals surface area contributed by atoms with E-state index in [1.165, 1.54) is 68.5 Å². The largest absolute Gasteiger partial charge is 0.465 e. The average molecular weight is 629 g/mol. The molecule has 0 aromatic heterocycles. The van der Waals surface area contributed by atoms with Crippen LogP contribution in [0.3, 0.4) is 0 Å². The Morgan fingerprint density at radius 3 is 1.73 bits per heavy atom. The van der Waals surface area contributed by atoms with Gasteiger partial charge in [-0.1, -0.05) is 30.4 Å². The van der Waals surface area contributed by atoms with Crippen molar-refractivity contribution in [3.05, 3.63) is 119 Å². The second-order valence-electron chi connectivity index (χ2n) is 9.57. The fourth-order valence-corrected chi connectivity index (χ4v) is 4.81. The lowest BCUT2D eigenvalue weighted by Crippen LogP contribution is -2.23. The molecule has 45 heavy (non-hydrogen) atoms. The van der Waals surface area contributed by atoms with Crippen LogP contribution in [0.4, 0.5) is 17.1 Å². The van der Waals surface area contributed by atoms with E-state index < -0.39 is 28.0 Å². The number of nitrogens with zero attached hydrogens (tertiary/aromatic N) is 1. The van der Waals surface area contributed by atoms with E-state index in [1.807, 2.05) is 0 Å². The summed E-state index contributed by atoms with van der Waals surface area (Å²) in [4.78, 5) is 51.1. The predicted molar refractivity (Wildman–Crippen MR) is 168 cm³/mol. The zero-order valence-electron chi connectivity index (χ0n) is 24.4. The molecule has 0 unspecified atom stereocenters. The third-order valence-corrected chi connectivity index (χ3v) is 7.46. The highest BCUT2D eigenvalue weighted by molar-refractivity contribution is 7.85. The quantitative estimate of drug-likeness (QED) is 0.137. The van der Waals surface area contributed by atoms with Gasteiger partial charge < -0.3 is 14.8 Å². The van der Waals surface area contributed by atoms with Crippen molar-refractivity contribution in [1.82, 2.24) is 0 Å². The van der Waals surface area contributed by atoms with E-state index in [-0.39, 0.29) is 27.6 Å². The van der Waals surface area contributed by atoms with Gasteiger partial charge in [-0.2, -0.15) is 8.42 Å². The summed E-state index contributed by atoms with van der Waals surface area (Å²) in [7, 11) is -1.81. The van der Waals surface area contributed by atoms with Gasteiger partial charge in [0.05, 0.1) is 35.9 Å². The summed E-state index contributed by atoms with van der Waals surface area (Å²) >= 11 is 0. The lowest BCUT2D eigenvalue weighted by Gasteiger charge is -2.22. The third kappa shape index (κ3) is 7.88. The van der Waals surface area contributed by atoms with Gasteiger partial charge in [0.2, 0.25) is 5.91 Å². The van der Waals surface area contributed by atoms with Gasteiger partial charge in [0.25, 0.3) is 16.0 Å². The van der Waals surface area contributed by atoms with E-state index in [1.54, 1.807) is 60.7 Å². The van der Waals surface area contributed by atoms with Crippen LogP contribution in [0.5, 0.6) is 0 Å². The number of rotatable bonds is 9. The first-order valence-corrected chi connectivity index (χ1v) is 14.7. The number of methoxy groups -OCH3 is 2. The summed E-state index contributed by atoms with van der Waals surface area (Å²) in [6, 6.07) is 22.9. The van der Waals surface area contributed by atoms with Gasteiger partial charge in [0, 0.05) is 23.9 Å². The summed E-state index contributed by atoms with van der Waals surface area (Å²) in [5.74, 6) is -1.97. The molecule has 0 aliphatic heterocycles. The van der Waals surface area contributed by atoms with E-state index in [0.717, 1.165) is 0 Å². The van der Waals surface area contributed by atoms with Gasteiger partial charge >= 0.3 is 11.9 Å². The molecule has 0 aliphatic carbocycles. The Labute approximate surface area is 259 Å². The average Bonchev–Trinajstić information content (AvgIpc) is 3.03. The first kappa shape index (κ1) is 32.3. The second kappa shape index (κ2) is 13.8. The maximum absolute atomic E-state index is 13.1. The van der Waals surface area contributed by atoms with Crippen molar-refractivity contribution in [1.29, 1.82) is 0 Å². The molecule has 0 spiro atoms. The highest BCUT2D eigenvalue weighted by Gasteiger charge is 2.18. The number of hydrogen-bond donors (Lipinski definition) is 2. The number of nitrogens with one attached hydrogen (secondary N) is 1. The Kier molecular flexibility index (Phi) is 9.91. The first-order chi connectivity index (χ1) is 21.4. The van der Waals surface area contributed by atoms with E-state index in [9.17, 15) is 27.6 Å². The van der Waals surface area contributed by atoms with Crippen LogP contribution in [-0.2, 0) is 24.4 Å². The number of benzene rings is 4. The zero-order valence-corrected chi connectivity index (χ0v) is 25.2. The van der Waals surface area contributed by atoms with Crippen LogP contribution in [0.1, 0.15) is 49.1 Å². The Balaban J connectivity index is 1.52. The number of esters is 2. The number of hydrogen-bond acceptors (Lipinski definition) is 8. The van der Waals surface area contributed by atoms with Crippen LogP contribution in [0.15, 0.2) is 95.9 Å². The minimum atomic E-state index is -4.30. The van der Waals surface area contributed by atoms with Crippen LogP contribution in [0.25, 0.3) is 12.2 Å². The van der Waals surface area contributed by atoms with Crippen LogP contribution >= 0.6 is 0 Å². The topological polar surface area (TPSA) is 156 Å². The number of carbonyl (C=O) groups is 4. The number of carbonyl (C=O) groups excluding carboxylic acids is 4. The van der Waals surface area contributed by atoms with Crippen molar-refractivity contribution in [3.8, 4) is 0 Å². The van der Waals surface area contributed by atoms with Crippen molar-refractivity contribution in [3.63, 3.8) is 0 Å². The normalized spacial score (nSPS) is 11.1. The molecule has 0 radical (unpaired) electrons. The van der Waals surface area contributed by atoms with E-state index in [4.69, 9.17) is 14.0 Å². The molecule has 11 nitrogen and oxygen atoms in total. The molecule has 0 bridgehead atoms. The number of amides is 2. The Morgan fingerprint density at radius 1 is 0.711 bits per heavy atom. The summed E-state index contributed by atoms with van der Waals surface area (Å²) in [6.45, 7) is 1.39. The smallest absolute Gasteiger partial charge is 0.339 e. The highest BCUT2D eigenvalue weighted by Crippen LogP contribution is 2.27. The summed E-state index contributed by atoms with van der Waals surface area (Å²) in [6.07, 6.45) is 3.37. The lowest BCUT2D eigenvalue weighted by atomic mass is 10.1. The molecule has 4 aromatic rings. The van der Waals surface area contributed by atoms with Crippen molar-refractivity contribution in [2.45, 2.75) is 11.8 Å². The molecular weight excluding hydrogens is 600 g/mol. The monoisotopic (exact) mass is 628 g/mol. The Bertz CT molecular complexity index is 1880. The lowest BCUT2D eigenvalue weighted by molar-refractivity contribution is -0.115. The maximum atomic E-state index is 13.1. The molecule has 4 aromatic carbocycles. The van der Waals surface area contributed by atoms with Crippen LogP contribution in [0, 0.1) is 0 Å². The summed E-state index contributed by atoms with van der Waals surface area (Å²) < 4.78 is 41.2.